The molecule has 0 unspecified atom stereocenters. The van der Waals surface area contributed by atoms with Gasteiger partial charge >= 0.3 is 5.97 Å². The number of methoxy groups -OCH3 is 1. The van der Waals surface area contributed by atoms with Crippen molar-refractivity contribution in [2.45, 2.75) is 56.3 Å². The van der Waals surface area contributed by atoms with Crippen LogP contribution in [-0.4, -0.2) is 72.6 Å². The fourth-order valence-electron chi connectivity index (χ4n) is 6.13. The number of ether oxygens (including phenoxy) is 3. The van der Waals surface area contributed by atoms with Crippen molar-refractivity contribution in [1.82, 2.24) is 4.90 Å². The van der Waals surface area contributed by atoms with Crippen LogP contribution in [0.1, 0.15) is 37.3 Å². The first kappa shape index (κ1) is 20.9. The van der Waals surface area contributed by atoms with Gasteiger partial charge in [-0.1, -0.05) is 6.07 Å². The van der Waals surface area contributed by atoms with Crippen molar-refractivity contribution in [3.8, 4) is 11.5 Å². The first-order valence-corrected chi connectivity index (χ1v) is 10.4. The van der Waals surface area contributed by atoms with Crippen molar-refractivity contribution in [3.63, 3.8) is 0 Å². The summed E-state index contributed by atoms with van der Waals surface area (Å²) in [5.74, 6) is 0.108. The molecule has 1 saturated heterocycles. The SMILES string of the molecule is CC(=O)O.COCC(=O)O[C@H]1CC[C@H]2[C@H]3Cc4ccc(O)c5c4[C@@]2(CCN3C)[C@H]1O5. The zero-order valence-corrected chi connectivity index (χ0v) is 17.6. The Kier molecular flexibility index (Phi) is 5.40. The molecule has 1 spiro atoms. The highest BCUT2D eigenvalue weighted by Crippen LogP contribution is 2.63. The topological polar surface area (TPSA) is 106 Å². The van der Waals surface area contributed by atoms with Gasteiger partial charge in [-0.2, -0.15) is 0 Å². The molecular formula is C22H29NO7. The van der Waals surface area contributed by atoms with Crippen LogP contribution in [0.25, 0.3) is 0 Å². The van der Waals surface area contributed by atoms with Gasteiger partial charge in [-0.25, -0.2) is 4.79 Å². The number of phenolic OH excluding ortho intramolecular Hbond substituents is 1. The summed E-state index contributed by atoms with van der Waals surface area (Å²) in [6, 6.07) is 4.27. The average molecular weight is 419 g/mol. The Morgan fingerprint density at radius 1 is 1.33 bits per heavy atom. The zero-order valence-electron chi connectivity index (χ0n) is 17.6. The molecule has 1 saturated carbocycles. The predicted octanol–water partition coefficient (Wildman–Crippen LogP) is 1.71. The van der Waals surface area contributed by atoms with E-state index in [4.69, 9.17) is 24.1 Å². The molecule has 4 aliphatic rings. The number of hydrogen-bond acceptors (Lipinski definition) is 7. The molecule has 2 fully saturated rings. The fourth-order valence-corrected chi connectivity index (χ4v) is 6.13. The molecule has 1 aromatic carbocycles. The molecule has 30 heavy (non-hydrogen) atoms. The van der Waals surface area contributed by atoms with Gasteiger partial charge in [0.1, 0.15) is 18.8 Å². The van der Waals surface area contributed by atoms with E-state index in [1.165, 1.54) is 18.2 Å². The van der Waals surface area contributed by atoms with Crippen molar-refractivity contribution in [3.05, 3.63) is 23.3 Å². The highest BCUT2D eigenvalue weighted by molar-refractivity contribution is 5.71. The van der Waals surface area contributed by atoms with E-state index in [0.29, 0.717) is 17.7 Å². The molecule has 2 N–H and O–H groups in total. The van der Waals surface area contributed by atoms with Gasteiger partial charge in [0.05, 0.1) is 0 Å². The number of esters is 1. The van der Waals surface area contributed by atoms with Crippen LogP contribution in [0, 0.1) is 5.92 Å². The molecular weight excluding hydrogens is 390 g/mol. The Morgan fingerprint density at radius 2 is 2.07 bits per heavy atom. The molecule has 5 atom stereocenters. The Bertz CT molecular complexity index is 852. The van der Waals surface area contributed by atoms with Crippen molar-refractivity contribution < 1.29 is 34.0 Å². The van der Waals surface area contributed by atoms with E-state index in [0.717, 1.165) is 39.2 Å². The smallest absolute Gasteiger partial charge is 0.332 e. The molecule has 2 aliphatic carbocycles. The third-order valence-corrected chi connectivity index (χ3v) is 7.09. The lowest BCUT2D eigenvalue weighted by molar-refractivity contribution is -0.169. The first-order valence-electron chi connectivity index (χ1n) is 10.4. The second kappa shape index (κ2) is 7.74. The Hall–Kier alpha value is -2.32. The molecule has 2 heterocycles. The van der Waals surface area contributed by atoms with Gasteiger partial charge in [-0.05, 0) is 56.8 Å². The Labute approximate surface area is 175 Å². The summed E-state index contributed by atoms with van der Waals surface area (Å²) in [7, 11) is 3.70. The van der Waals surface area contributed by atoms with Gasteiger partial charge in [0, 0.05) is 31.1 Å². The third-order valence-electron chi connectivity index (χ3n) is 7.09. The number of aliphatic carboxylic acids is 1. The lowest BCUT2D eigenvalue weighted by Gasteiger charge is -2.58. The van der Waals surface area contributed by atoms with Crippen LogP contribution < -0.4 is 4.74 Å². The van der Waals surface area contributed by atoms with Crippen LogP contribution in [-0.2, 0) is 30.9 Å². The maximum Gasteiger partial charge on any atom is 0.332 e. The van der Waals surface area contributed by atoms with Gasteiger partial charge in [-0.3, -0.25) is 4.79 Å². The second-order valence-corrected chi connectivity index (χ2v) is 8.69. The first-order chi connectivity index (χ1) is 14.3. The number of carbonyl (C=O) groups excluding carboxylic acids is 1. The van der Waals surface area contributed by atoms with E-state index in [-0.39, 0.29) is 35.9 Å². The minimum atomic E-state index is -0.833. The van der Waals surface area contributed by atoms with Gasteiger partial charge in [0.2, 0.25) is 0 Å². The molecule has 8 heteroatoms. The van der Waals surface area contributed by atoms with Crippen LogP contribution in [0.3, 0.4) is 0 Å². The fraction of sp³-hybridized carbons (Fsp3) is 0.636. The van der Waals surface area contributed by atoms with Crippen LogP contribution >= 0.6 is 0 Å². The number of benzene rings is 1. The summed E-state index contributed by atoms with van der Waals surface area (Å²) in [5.41, 5.74) is 2.30. The number of likely N-dealkylation sites (N-methyl/N-ethyl adjacent to an activating group) is 1. The summed E-state index contributed by atoms with van der Waals surface area (Å²) in [5, 5.41) is 17.9. The number of aromatic hydroxyl groups is 1. The molecule has 1 aromatic rings. The van der Waals surface area contributed by atoms with E-state index in [1.807, 2.05) is 6.07 Å². The standard InChI is InChI=1S/C20H25NO5.C2H4O2/c1-21-8-7-20-12-4-6-15(25-16(23)10-24-2)19(20)26-18-14(22)5-3-11(17(18)20)9-13(12)21;1-2(3)4/h3,5,12-13,15,19,22H,4,6-10H2,1-2H3;1H3,(H,3,4)/t12-,13+,15-,19-,20-;/m0./s1. The van der Waals surface area contributed by atoms with Gasteiger partial charge < -0.3 is 29.3 Å². The maximum absolute atomic E-state index is 12.1. The van der Waals surface area contributed by atoms with E-state index >= 15 is 0 Å². The molecule has 2 aliphatic heterocycles. The maximum atomic E-state index is 12.1. The second-order valence-electron chi connectivity index (χ2n) is 8.69. The van der Waals surface area contributed by atoms with Crippen LogP contribution in [0.15, 0.2) is 12.1 Å². The molecule has 2 bridgehead atoms. The number of nitrogens with zero attached hydrogens (tertiary/aromatic N) is 1. The van der Waals surface area contributed by atoms with E-state index in [9.17, 15) is 9.90 Å². The van der Waals surface area contributed by atoms with Gasteiger partial charge in [0.25, 0.3) is 5.97 Å². The number of phenols is 1. The molecule has 0 amide bonds. The largest absolute Gasteiger partial charge is 0.504 e. The highest BCUT2D eigenvalue weighted by Gasteiger charge is 2.66. The van der Waals surface area contributed by atoms with Crippen LogP contribution in [0.4, 0.5) is 0 Å². The van der Waals surface area contributed by atoms with E-state index < -0.39 is 5.97 Å². The average Bonchev–Trinajstić information content (AvgIpc) is 3.03. The normalized spacial score (nSPS) is 32.9. The number of rotatable bonds is 3. The third kappa shape index (κ3) is 3.13. The number of likely N-dealkylation sites (tertiary alicyclic amines) is 1. The number of carboxylic acids is 1. The van der Waals surface area contributed by atoms with Crippen LogP contribution in [0.2, 0.25) is 0 Å². The summed E-state index contributed by atoms with van der Waals surface area (Å²) in [6.07, 6.45) is 3.25. The Morgan fingerprint density at radius 3 is 2.77 bits per heavy atom. The van der Waals surface area contributed by atoms with Gasteiger partial charge in [-0.15, -0.1) is 0 Å². The summed E-state index contributed by atoms with van der Waals surface area (Å²) < 4.78 is 17.0. The van der Waals surface area contributed by atoms with Crippen molar-refractivity contribution >= 4 is 11.9 Å². The van der Waals surface area contributed by atoms with E-state index in [2.05, 4.69) is 11.9 Å². The molecule has 8 nitrogen and oxygen atoms in total. The number of carboxylic acid groups (broad SMARTS) is 1. The molecule has 5 rings (SSSR count). The lowest BCUT2D eigenvalue weighted by atomic mass is 9.51. The minimum Gasteiger partial charge on any atom is -0.504 e. The summed E-state index contributed by atoms with van der Waals surface area (Å²) >= 11 is 0. The summed E-state index contributed by atoms with van der Waals surface area (Å²) in [6.45, 7) is 2.03. The highest BCUT2D eigenvalue weighted by atomic mass is 16.6. The number of carbonyl (C=O) groups is 2. The van der Waals surface area contributed by atoms with Crippen molar-refractivity contribution in [1.29, 1.82) is 0 Å². The quantitative estimate of drug-likeness (QED) is 0.714. The minimum absolute atomic E-state index is 0.0472. The number of piperidine rings is 1. The molecule has 164 valence electrons. The lowest BCUT2D eigenvalue weighted by Crippen LogP contribution is -2.66. The molecule has 0 aromatic heterocycles. The zero-order chi connectivity index (χ0) is 21.6. The van der Waals surface area contributed by atoms with Crippen molar-refractivity contribution in [2.75, 3.05) is 27.3 Å². The van der Waals surface area contributed by atoms with Crippen molar-refractivity contribution in [2.24, 2.45) is 5.92 Å². The monoisotopic (exact) mass is 419 g/mol. The Balaban J connectivity index is 0.000000503. The number of hydrogen-bond donors (Lipinski definition) is 2. The van der Waals surface area contributed by atoms with Crippen LogP contribution in [0.5, 0.6) is 11.5 Å². The molecule has 0 radical (unpaired) electrons. The predicted molar refractivity (Wildman–Crippen MR) is 107 cm³/mol. The van der Waals surface area contributed by atoms with E-state index in [1.54, 1.807) is 6.07 Å². The van der Waals surface area contributed by atoms with Gasteiger partial charge in [0.15, 0.2) is 11.5 Å². The summed E-state index contributed by atoms with van der Waals surface area (Å²) in [4.78, 5) is 23.5.